The van der Waals surface area contributed by atoms with Gasteiger partial charge < -0.3 is 5.73 Å². The van der Waals surface area contributed by atoms with Gasteiger partial charge >= 0.3 is 0 Å². The second-order valence-electron chi connectivity index (χ2n) is 8.83. The highest BCUT2D eigenvalue weighted by Crippen LogP contribution is 2.54. The third-order valence-electron chi connectivity index (χ3n) is 6.75. The summed E-state index contributed by atoms with van der Waals surface area (Å²) in [7, 11) is -0.270. The molecule has 0 spiro atoms. The molecule has 1 aliphatic rings. The lowest BCUT2D eigenvalue weighted by atomic mass is 9.88. The molecule has 6 rings (SSSR count). The Bertz CT molecular complexity index is 1340. The second-order valence-corrected chi connectivity index (χ2v) is 11.2. The fourth-order valence-electron chi connectivity index (χ4n) is 5.24. The maximum absolute atomic E-state index is 6.71. The van der Waals surface area contributed by atoms with Crippen molar-refractivity contribution < 1.29 is 0 Å². The molecule has 1 heterocycles. The molecule has 0 fully saturated rings. The van der Waals surface area contributed by atoms with Crippen molar-refractivity contribution in [2.24, 2.45) is 5.73 Å². The van der Waals surface area contributed by atoms with Gasteiger partial charge in [0, 0.05) is 6.04 Å². The Labute approximate surface area is 190 Å². The van der Waals surface area contributed by atoms with Crippen LogP contribution in [-0.4, -0.2) is 6.16 Å². The number of hydrogen-bond acceptors (Lipinski definition) is 1. The van der Waals surface area contributed by atoms with Crippen molar-refractivity contribution in [1.82, 2.24) is 0 Å². The molecule has 2 N–H and O–H groups in total. The number of rotatable bonds is 3. The van der Waals surface area contributed by atoms with Crippen LogP contribution in [-0.2, 0) is 12.3 Å². The van der Waals surface area contributed by atoms with Crippen LogP contribution in [0, 0.1) is 0 Å². The standard InChI is InChI=1S/C30H26NP/c31-28(23-10-2-1-3-11-23)20-32-18-24-16-14-21-8-4-6-12-26(21)29(24)30-25(19-32)17-15-22-9-5-7-13-27(22)30/h1-17,28H,18-20,31H2/t28-/m1/s1. The molecule has 0 aliphatic carbocycles. The number of fused-ring (bicyclic) bond motifs is 7. The Kier molecular flexibility index (Phi) is 5.02. The fraction of sp³-hybridized carbons (Fsp3) is 0.133. The molecule has 0 radical (unpaired) electrons. The molecule has 5 aromatic rings. The number of benzene rings is 5. The minimum absolute atomic E-state index is 0.0909. The van der Waals surface area contributed by atoms with Crippen LogP contribution in [0.3, 0.4) is 0 Å². The molecule has 1 atom stereocenters. The lowest BCUT2D eigenvalue weighted by molar-refractivity contribution is 0.822. The first-order chi connectivity index (χ1) is 15.8. The van der Waals surface area contributed by atoms with E-state index in [0.717, 1.165) is 18.5 Å². The van der Waals surface area contributed by atoms with Crippen LogP contribution >= 0.6 is 7.92 Å². The topological polar surface area (TPSA) is 26.0 Å². The lowest BCUT2D eigenvalue weighted by Gasteiger charge is -2.21. The fourth-order valence-corrected chi connectivity index (χ4v) is 7.87. The summed E-state index contributed by atoms with van der Waals surface area (Å²) in [4.78, 5) is 0. The van der Waals surface area contributed by atoms with E-state index in [2.05, 4.69) is 103 Å². The zero-order chi connectivity index (χ0) is 21.5. The van der Waals surface area contributed by atoms with E-state index in [-0.39, 0.29) is 14.0 Å². The molecule has 32 heavy (non-hydrogen) atoms. The number of hydrogen-bond donors (Lipinski definition) is 1. The van der Waals surface area contributed by atoms with Gasteiger partial charge in [0.25, 0.3) is 0 Å². The molecule has 0 saturated carbocycles. The van der Waals surface area contributed by atoms with E-state index in [4.69, 9.17) is 5.73 Å². The zero-order valence-corrected chi connectivity index (χ0v) is 18.9. The summed E-state index contributed by atoms with van der Waals surface area (Å²) >= 11 is 0. The highest BCUT2D eigenvalue weighted by molar-refractivity contribution is 7.56. The third-order valence-corrected chi connectivity index (χ3v) is 9.24. The van der Waals surface area contributed by atoms with E-state index in [1.165, 1.54) is 49.4 Å². The van der Waals surface area contributed by atoms with Crippen molar-refractivity contribution in [2.45, 2.75) is 18.4 Å². The summed E-state index contributed by atoms with van der Waals surface area (Å²) in [6.07, 6.45) is 3.30. The molecular formula is C30H26NP. The van der Waals surface area contributed by atoms with Crippen LogP contribution in [0.1, 0.15) is 22.7 Å². The summed E-state index contributed by atoms with van der Waals surface area (Å²) < 4.78 is 0. The molecule has 0 aromatic heterocycles. The summed E-state index contributed by atoms with van der Waals surface area (Å²) in [5.41, 5.74) is 13.8. The maximum Gasteiger partial charge on any atom is 0.0334 e. The van der Waals surface area contributed by atoms with Crippen molar-refractivity contribution >= 4 is 29.5 Å². The lowest BCUT2D eigenvalue weighted by Crippen LogP contribution is -2.14. The van der Waals surface area contributed by atoms with E-state index in [1.54, 1.807) is 0 Å². The first kappa shape index (κ1) is 19.7. The van der Waals surface area contributed by atoms with Crippen molar-refractivity contribution in [2.75, 3.05) is 6.16 Å². The largest absolute Gasteiger partial charge is 0.324 e. The van der Waals surface area contributed by atoms with Gasteiger partial charge in [-0.15, -0.1) is 0 Å². The van der Waals surface area contributed by atoms with Gasteiger partial charge in [0.05, 0.1) is 0 Å². The van der Waals surface area contributed by atoms with Crippen molar-refractivity contribution in [3.63, 3.8) is 0 Å². The normalized spacial score (nSPS) is 14.7. The van der Waals surface area contributed by atoms with Gasteiger partial charge in [-0.05, 0) is 67.8 Å². The molecule has 1 aliphatic heterocycles. The van der Waals surface area contributed by atoms with Gasteiger partial charge in [-0.2, -0.15) is 0 Å². The van der Waals surface area contributed by atoms with Gasteiger partial charge in [0.1, 0.15) is 0 Å². The predicted octanol–water partition coefficient (Wildman–Crippen LogP) is 7.86. The Morgan fingerprint density at radius 3 is 1.66 bits per heavy atom. The van der Waals surface area contributed by atoms with E-state index < -0.39 is 0 Å². The highest BCUT2D eigenvalue weighted by atomic mass is 31.1. The Morgan fingerprint density at radius 2 is 1.09 bits per heavy atom. The Hall–Kier alpha value is -2.99. The number of nitrogens with two attached hydrogens (primary N) is 1. The average molecular weight is 432 g/mol. The minimum atomic E-state index is -0.270. The molecule has 0 amide bonds. The van der Waals surface area contributed by atoms with E-state index >= 15 is 0 Å². The van der Waals surface area contributed by atoms with Crippen LogP contribution in [0.2, 0.25) is 0 Å². The summed E-state index contributed by atoms with van der Waals surface area (Å²) in [6.45, 7) is 0. The van der Waals surface area contributed by atoms with Crippen molar-refractivity contribution in [1.29, 1.82) is 0 Å². The van der Waals surface area contributed by atoms with Gasteiger partial charge in [0.15, 0.2) is 0 Å². The minimum Gasteiger partial charge on any atom is -0.324 e. The highest BCUT2D eigenvalue weighted by Gasteiger charge is 2.25. The molecule has 0 unspecified atom stereocenters. The van der Waals surface area contributed by atoms with Crippen LogP contribution < -0.4 is 5.73 Å². The monoisotopic (exact) mass is 431 g/mol. The molecule has 1 nitrogen and oxygen atoms in total. The van der Waals surface area contributed by atoms with Crippen LogP contribution in [0.5, 0.6) is 0 Å². The van der Waals surface area contributed by atoms with Crippen LogP contribution in [0.4, 0.5) is 0 Å². The van der Waals surface area contributed by atoms with E-state index in [1.807, 2.05) is 0 Å². The summed E-state index contributed by atoms with van der Waals surface area (Å²) in [5, 5.41) is 5.37. The Balaban J connectivity index is 1.54. The zero-order valence-electron chi connectivity index (χ0n) is 18.0. The molecular weight excluding hydrogens is 405 g/mol. The molecule has 0 bridgehead atoms. The predicted molar refractivity (Wildman–Crippen MR) is 139 cm³/mol. The van der Waals surface area contributed by atoms with E-state index in [0.29, 0.717) is 0 Å². The van der Waals surface area contributed by atoms with Gasteiger partial charge in [-0.3, -0.25) is 0 Å². The molecule has 0 saturated heterocycles. The SMILES string of the molecule is N[C@H](CP1Cc2ccc3ccccc3c2-c2c(ccc3ccccc23)C1)c1ccccc1. The van der Waals surface area contributed by atoms with Gasteiger partial charge in [-0.1, -0.05) is 111 Å². The summed E-state index contributed by atoms with van der Waals surface area (Å²) in [5.74, 6) is 0. The third kappa shape index (κ3) is 3.43. The summed E-state index contributed by atoms with van der Waals surface area (Å²) in [6, 6.07) is 37.7. The Morgan fingerprint density at radius 1 is 0.594 bits per heavy atom. The van der Waals surface area contributed by atoms with E-state index in [9.17, 15) is 0 Å². The van der Waals surface area contributed by atoms with Crippen LogP contribution in [0.25, 0.3) is 32.7 Å². The average Bonchev–Trinajstić information content (AvgIpc) is 3.01. The molecule has 2 heteroatoms. The van der Waals surface area contributed by atoms with Crippen molar-refractivity contribution in [3.05, 3.63) is 120 Å². The smallest absolute Gasteiger partial charge is 0.0334 e. The van der Waals surface area contributed by atoms with Crippen LogP contribution in [0.15, 0.2) is 103 Å². The maximum atomic E-state index is 6.71. The van der Waals surface area contributed by atoms with Gasteiger partial charge in [0.2, 0.25) is 0 Å². The quantitative estimate of drug-likeness (QED) is 0.289. The van der Waals surface area contributed by atoms with Crippen molar-refractivity contribution in [3.8, 4) is 11.1 Å². The second kappa shape index (κ2) is 8.17. The molecule has 5 aromatic carbocycles. The van der Waals surface area contributed by atoms with Gasteiger partial charge in [-0.25, -0.2) is 0 Å². The first-order valence-electron chi connectivity index (χ1n) is 11.3. The molecule has 156 valence electrons. The first-order valence-corrected chi connectivity index (χ1v) is 13.2.